The molecule has 3 amide bonds. The summed E-state index contributed by atoms with van der Waals surface area (Å²) in [6.07, 6.45) is 2.29. The summed E-state index contributed by atoms with van der Waals surface area (Å²) in [6.45, 7) is 1.58. The van der Waals surface area contributed by atoms with Gasteiger partial charge >= 0.3 is 0 Å². The first-order chi connectivity index (χ1) is 18.6. The fourth-order valence-electron chi connectivity index (χ4n) is 5.10. The van der Waals surface area contributed by atoms with Crippen LogP contribution in [0.3, 0.4) is 0 Å². The summed E-state index contributed by atoms with van der Waals surface area (Å²) < 4.78 is 1.15. The molecule has 8 heteroatoms. The second-order valence-corrected chi connectivity index (χ2v) is 10.7. The summed E-state index contributed by atoms with van der Waals surface area (Å²) in [7, 11) is 0. The highest BCUT2D eigenvalue weighted by Gasteiger charge is 2.28. The van der Waals surface area contributed by atoms with E-state index >= 15 is 0 Å². The Labute approximate surface area is 226 Å². The van der Waals surface area contributed by atoms with Crippen molar-refractivity contribution in [3.63, 3.8) is 0 Å². The quantitative estimate of drug-likeness (QED) is 0.187. The predicted octanol–water partition coefficient (Wildman–Crippen LogP) is 3.51. The van der Waals surface area contributed by atoms with Gasteiger partial charge in [0.1, 0.15) is 12.2 Å². The molecule has 1 aromatic heterocycles. The maximum Gasteiger partial charge on any atom is 0.244 e. The van der Waals surface area contributed by atoms with E-state index in [9.17, 15) is 14.4 Å². The molecule has 1 aliphatic rings. The molecule has 0 aliphatic carbocycles. The summed E-state index contributed by atoms with van der Waals surface area (Å²) in [5, 5.41) is 17.4. The number of amides is 3. The number of fused-ring (bicyclic) bond motifs is 2. The van der Waals surface area contributed by atoms with Gasteiger partial charge in [-0.15, -0.1) is 11.3 Å². The molecule has 0 bridgehead atoms. The lowest BCUT2D eigenvalue weighted by Gasteiger charge is -2.27. The lowest BCUT2D eigenvalue weighted by molar-refractivity contribution is -0.132. The van der Waals surface area contributed by atoms with Gasteiger partial charge < -0.3 is 21.3 Å². The SMILES string of the molecule is O=CN[C@@H](Cc1csc2ccccc12)NC(=O)[C@@H](Cc1ccc2ccccc2c1)NC(=O)C1CCNCC1. The molecule has 4 aromatic rings. The topological polar surface area (TPSA) is 99.3 Å². The summed E-state index contributed by atoms with van der Waals surface area (Å²) in [5.74, 6) is -0.542. The molecule has 1 saturated heterocycles. The standard InChI is InChI=1S/C30H32N4O3S/c35-19-32-28(17-24-18-38-27-8-4-3-7-25(24)27)34-30(37)26(33-29(36)22-11-13-31-14-12-22)16-20-9-10-21-5-1-2-6-23(21)15-20/h1-10,15,18-19,22,26,28,31H,11-14,16-17H2,(H,32,35)(H,33,36)(H,34,37)/t26-,28-/m1/s1. The van der Waals surface area contributed by atoms with Crippen LogP contribution in [-0.2, 0) is 27.2 Å². The third-order valence-electron chi connectivity index (χ3n) is 7.17. The molecule has 38 heavy (non-hydrogen) atoms. The van der Waals surface area contributed by atoms with E-state index in [1.807, 2.05) is 54.6 Å². The van der Waals surface area contributed by atoms with Crippen LogP contribution in [0.4, 0.5) is 0 Å². The monoisotopic (exact) mass is 528 g/mol. The molecule has 0 spiro atoms. The van der Waals surface area contributed by atoms with Crippen LogP contribution in [0.2, 0.25) is 0 Å². The van der Waals surface area contributed by atoms with Gasteiger partial charge in [0.05, 0.1) is 0 Å². The van der Waals surface area contributed by atoms with Gasteiger partial charge in [-0.3, -0.25) is 14.4 Å². The summed E-state index contributed by atoms with van der Waals surface area (Å²) in [4.78, 5) is 38.2. The highest BCUT2D eigenvalue weighted by atomic mass is 32.1. The second kappa shape index (κ2) is 12.2. The minimum atomic E-state index is -0.770. The smallest absolute Gasteiger partial charge is 0.244 e. The Morgan fingerprint density at radius 2 is 1.71 bits per heavy atom. The molecule has 0 unspecified atom stereocenters. The van der Waals surface area contributed by atoms with Crippen LogP contribution in [0.15, 0.2) is 72.1 Å². The summed E-state index contributed by atoms with van der Waals surface area (Å²) >= 11 is 1.64. The highest BCUT2D eigenvalue weighted by molar-refractivity contribution is 7.17. The van der Waals surface area contributed by atoms with Gasteiger partial charge in [-0.25, -0.2) is 0 Å². The van der Waals surface area contributed by atoms with Gasteiger partial charge in [0.2, 0.25) is 18.2 Å². The van der Waals surface area contributed by atoms with Crippen molar-refractivity contribution < 1.29 is 14.4 Å². The molecule has 196 valence electrons. The minimum Gasteiger partial charge on any atom is -0.344 e. The molecule has 5 rings (SSSR count). The number of hydrogen-bond donors (Lipinski definition) is 4. The molecule has 7 nitrogen and oxygen atoms in total. The Balaban J connectivity index is 1.35. The van der Waals surface area contributed by atoms with Gasteiger partial charge in [-0.1, -0.05) is 60.7 Å². The number of piperidine rings is 1. The second-order valence-electron chi connectivity index (χ2n) is 9.78. The van der Waals surface area contributed by atoms with Gasteiger partial charge in [0, 0.05) is 23.5 Å². The number of benzene rings is 3. The van der Waals surface area contributed by atoms with Gasteiger partial charge in [-0.05, 0) is 64.7 Å². The van der Waals surface area contributed by atoms with E-state index < -0.39 is 12.2 Å². The summed E-state index contributed by atoms with van der Waals surface area (Å²) in [5.41, 5.74) is 2.01. The van der Waals surface area contributed by atoms with Crippen molar-refractivity contribution in [1.82, 2.24) is 21.3 Å². The number of hydrogen-bond acceptors (Lipinski definition) is 5. The van der Waals surface area contributed by atoms with Crippen molar-refractivity contribution >= 4 is 50.4 Å². The Bertz CT molecular complexity index is 1430. The van der Waals surface area contributed by atoms with E-state index in [1.54, 1.807) is 11.3 Å². The molecule has 2 heterocycles. The van der Waals surface area contributed by atoms with Crippen LogP contribution in [-0.4, -0.2) is 43.5 Å². The van der Waals surface area contributed by atoms with E-state index in [2.05, 4.69) is 38.8 Å². The lowest BCUT2D eigenvalue weighted by atomic mass is 9.95. The molecular formula is C30H32N4O3S. The lowest BCUT2D eigenvalue weighted by Crippen LogP contribution is -2.55. The van der Waals surface area contributed by atoms with E-state index in [4.69, 9.17) is 0 Å². The van der Waals surface area contributed by atoms with Crippen LogP contribution in [0, 0.1) is 5.92 Å². The number of nitrogens with one attached hydrogen (secondary N) is 4. The van der Waals surface area contributed by atoms with E-state index in [0.717, 1.165) is 57.9 Å². The van der Waals surface area contributed by atoms with Crippen molar-refractivity contribution in [1.29, 1.82) is 0 Å². The fourth-order valence-corrected chi connectivity index (χ4v) is 6.08. The highest BCUT2D eigenvalue weighted by Crippen LogP contribution is 2.26. The molecule has 3 aromatic carbocycles. The number of carbonyl (C=O) groups is 3. The number of carbonyl (C=O) groups excluding carboxylic acids is 3. The number of rotatable bonds is 10. The van der Waals surface area contributed by atoms with E-state index in [1.165, 1.54) is 0 Å². The zero-order chi connectivity index (χ0) is 26.3. The minimum absolute atomic E-state index is 0.101. The Kier molecular flexibility index (Phi) is 8.31. The molecular weight excluding hydrogens is 496 g/mol. The first-order valence-corrected chi connectivity index (χ1v) is 13.9. The first-order valence-electron chi connectivity index (χ1n) is 13.0. The van der Waals surface area contributed by atoms with Crippen molar-refractivity contribution in [2.45, 2.75) is 37.9 Å². The average Bonchev–Trinajstić information content (AvgIpc) is 3.36. The van der Waals surface area contributed by atoms with Crippen LogP contribution >= 0.6 is 11.3 Å². The molecule has 2 atom stereocenters. The molecule has 1 aliphatic heterocycles. The van der Waals surface area contributed by atoms with Crippen molar-refractivity contribution in [3.05, 3.63) is 83.2 Å². The van der Waals surface area contributed by atoms with E-state index in [0.29, 0.717) is 19.3 Å². The Morgan fingerprint density at radius 1 is 0.947 bits per heavy atom. The fraction of sp³-hybridized carbons (Fsp3) is 0.300. The van der Waals surface area contributed by atoms with Gasteiger partial charge in [-0.2, -0.15) is 0 Å². The third kappa shape index (κ3) is 6.20. The van der Waals surface area contributed by atoms with Gasteiger partial charge in [0.25, 0.3) is 0 Å². The maximum absolute atomic E-state index is 13.6. The summed E-state index contributed by atoms with van der Waals surface area (Å²) in [6, 6.07) is 21.5. The Morgan fingerprint density at radius 3 is 2.53 bits per heavy atom. The van der Waals surface area contributed by atoms with E-state index in [-0.39, 0.29) is 17.7 Å². The molecule has 0 radical (unpaired) electrons. The average molecular weight is 529 g/mol. The van der Waals surface area contributed by atoms with Crippen molar-refractivity contribution in [2.24, 2.45) is 5.92 Å². The molecule has 0 saturated carbocycles. The zero-order valence-electron chi connectivity index (χ0n) is 21.1. The van der Waals surface area contributed by atoms with Gasteiger partial charge in [0.15, 0.2) is 0 Å². The third-order valence-corrected chi connectivity index (χ3v) is 8.18. The van der Waals surface area contributed by atoms with Crippen molar-refractivity contribution in [2.75, 3.05) is 13.1 Å². The van der Waals surface area contributed by atoms with Crippen LogP contribution in [0.25, 0.3) is 20.9 Å². The maximum atomic E-state index is 13.6. The first kappa shape index (κ1) is 25.9. The predicted molar refractivity (Wildman–Crippen MR) is 152 cm³/mol. The molecule has 4 N–H and O–H groups in total. The van der Waals surface area contributed by atoms with Crippen LogP contribution < -0.4 is 21.3 Å². The zero-order valence-corrected chi connectivity index (χ0v) is 21.9. The van der Waals surface area contributed by atoms with Crippen LogP contribution in [0.1, 0.15) is 24.0 Å². The molecule has 1 fully saturated rings. The largest absolute Gasteiger partial charge is 0.344 e. The van der Waals surface area contributed by atoms with Crippen LogP contribution in [0.5, 0.6) is 0 Å². The van der Waals surface area contributed by atoms with Crippen molar-refractivity contribution in [3.8, 4) is 0 Å². The number of thiophene rings is 1. The normalized spacial score (nSPS) is 15.6. The Hall–Kier alpha value is -3.75.